The fourth-order valence-electron chi connectivity index (χ4n) is 2.26. The standard InChI is InChI=1S/C15H23N5O/c1-4-7-16-15(12-10-14(21-3)18-11-17-12)13-6-8-19-20(13)9-5-2/h6,8,10-11,15-16H,4-5,7,9H2,1-3H3. The van der Waals surface area contributed by atoms with Crippen LogP contribution in [-0.4, -0.2) is 33.4 Å². The largest absolute Gasteiger partial charge is 0.481 e. The highest BCUT2D eigenvalue weighted by Crippen LogP contribution is 2.22. The van der Waals surface area contributed by atoms with Crippen LogP contribution in [0.5, 0.6) is 5.88 Å². The number of rotatable bonds is 8. The van der Waals surface area contributed by atoms with Gasteiger partial charge in [-0.1, -0.05) is 13.8 Å². The summed E-state index contributed by atoms with van der Waals surface area (Å²) in [6.45, 7) is 6.10. The Morgan fingerprint density at radius 3 is 2.86 bits per heavy atom. The van der Waals surface area contributed by atoms with Gasteiger partial charge in [0.1, 0.15) is 6.33 Å². The van der Waals surface area contributed by atoms with E-state index in [0.717, 1.165) is 37.3 Å². The molecule has 0 aliphatic heterocycles. The lowest BCUT2D eigenvalue weighted by Gasteiger charge is -2.19. The molecule has 2 heterocycles. The molecule has 2 aromatic heterocycles. The van der Waals surface area contributed by atoms with Crippen molar-refractivity contribution in [2.75, 3.05) is 13.7 Å². The van der Waals surface area contributed by atoms with Gasteiger partial charge < -0.3 is 10.1 Å². The maximum Gasteiger partial charge on any atom is 0.216 e. The van der Waals surface area contributed by atoms with Crippen LogP contribution in [0, 0.1) is 0 Å². The first-order chi connectivity index (χ1) is 10.3. The molecule has 0 bridgehead atoms. The number of nitrogens with zero attached hydrogens (tertiary/aromatic N) is 4. The van der Waals surface area contributed by atoms with Gasteiger partial charge in [-0.3, -0.25) is 4.68 Å². The molecule has 0 fully saturated rings. The fraction of sp³-hybridized carbons (Fsp3) is 0.533. The van der Waals surface area contributed by atoms with Crippen molar-refractivity contribution in [3.8, 4) is 5.88 Å². The third-order valence-corrected chi connectivity index (χ3v) is 3.25. The summed E-state index contributed by atoms with van der Waals surface area (Å²) in [4.78, 5) is 8.48. The average Bonchev–Trinajstić information content (AvgIpc) is 2.97. The number of methoxy groups -OCH3 is 1. The molecule has 6 nitrogen and oxygen atoms in total. The molecule has 0 aromatic carbocycles. The van der Waals surface area contributed by atoms with E-state index in [4.69, 9.17) is 4.74 Å². The molecule has 2 rings (SSSR count). The van der Waals surface area contributed by atoms with E-state index in [1.165, 1.54) is 6.33 Å². The van der Waals surface area contributed by atoms with Crippen LogP contribution in [0.1, 0.15) is 44.1 Å². The monoisotopic (exact) mass is 289 g/mol. The van der Waals surface area contributed by atoms with E-state index >= 15 is 0 Å². The van der Waals surface area contributed by atoms with Crippen LogP contribution < -0.4 is 10.1 Å². The Balaban J connectivity index is 2.34. The van der Waals surface area contributed by atoms with E-state index in [-0.39, 0.29) is 6.04 Å². The minimum atomic E-state index is -0.00380. The molecular weight excluding hydrogens is 266 g/mol. The quantitative estimate of drug-likeness (QED) is 0.807. The zero-order chi connectivity index (χ0) is 15.1. The third-order valence-electron chi connectivity index (χ3n) is 3.25. The molecule has 0 radical (unpaired) electrons. The van der Waals surface area contributed by atoms with Gasteiger partial charge in [0, 0.05) is 18.8 Å². The second-order valence-corrected chi connectivity index (χ2v) is 4.85. The number of aryl methyl sites for hydroxylation is 1. The van der Waals surface area contributed by atoms with Crippen LogP contribution in [0.4, 0.5) is 0 Å². The molecule has 1 unspecified atom stereocenters. The molecule has 2 aromatic rings. The van der Waals surface area contributed by atoms with Crippen molar-refractivity contribution in [1.29, 1.82) is 0 Å². The van der Waals surface area contributed by atoms with Crippen LogP contribution in [0.2, 0.25) is 0 Å². The molecule has 1 atom stereocenters. The summed E-state index contributed by atoms with van der Waals surface area (Å²) in [5, 5.41) is 7.94. The summed E-state index contributed by atoms with van der Waals surface area (Å²) in [5.41, 5.74) is 2.01. The van der Waals surface area contributed by atoms with Crippen LogP contribution in [-0.2, 0) is 6.54 Å². The number of hydrogen-bond donors (Lipinski definition) is 1. The molecule has 0 saturated carbocycles. The number of nitrogens with one attached hydrogen (secondary N) is 1. The first-order valence-corrected chi connectivity index (χ1v) is 7.41. The summed E-state index contributed by atoms with van der Waals surface area (Å²) in [5.74, 6) is 0.574. The highest BCUT2D eigenvalue weighted by Gasteiger charge is 2.19. The molecule has 0 amide bonds. The third kappa shape index (κ3) is 3.78. The van der Waals surface area contributed by atoms with Crippen molar-refractivity contribution in [1.82, 2.24) is 25.1 Å². The fourth-order valence-corrected chi connectivity index (χ4v) is 2.26. The second-order valence-electron chi connectivity index (χ2n) is 4.85. The SMILES string of the molecule is CCCNC(c1cc(OC)ncn1)c1ccnn1CCC. The van der Waals surface area contributed by atoms with Crippen LogP contribution in [0.25, 0.3) is 0 Å². The van der Waals surface area contributed by atoms with Gasteiger partial charge in [0.2, 0.25) is 5.88 Å². The predicted octanol–water partition coefficient (Wildman–Crippen LogP) is 2.18. The second kappa shape index (κ2) is 7.73. The Morgan fingerprint density at radius 1 is 1.29 bits per heavy atom. The van der Waals surface area contributed by atoms with E-state index in [0.29, 0.717) is 5.88 Å². The van der Waals surface area contributed by atoms with Gasteiger partial charge >= 0.3 is 0 Å². The van der Waals surface area contributed by atoms with Crippen LogP contribution in [0.15, 0.2) is 24.7 Å². The van der Waals surface area contributed by atoms with Crippen molar-refractivity contribution in [3.63, 3.8) is 0 Å². The molecule has 0 aliphatic rings. The minimum absolute atomic E-state index is 0.00380. The van der Waals surface area contributed by atoms with Crippen molar-refractivity contribution < 1.29 is 4.74 Å². The minimum Gasteiger partial charge on any atom is -0.481 e. The van der Waals surface area contributed by atoms with Gasteiger partial charge in [-0.05, 0) is 25.5 Å². The van der Waals surface area contributed by atoms with E-state index in [1.807, 2.05) is 23.0 Å². The first-order valence-electron chi connectivity index (χ1n) is 7.41. The van der Waals surface area contributed by atoms with Gasteiger partial charge in [0.15, 0.2) is 0 Å². The molecule has 114 valence electrons. The smallest absolute Gasteiger partial charge is 0.216 e. The van der Waals surface area contributed by atoms with Gasteiger partial charge in [-0.25, -0.2) is 9.97 Å². The zero-order valence-corrected chi connectivity index (χ0v) is 12.9. The lowest BCUT2D eigenvalue weighted by atomic mass is 10.1. The summed E-state index contributed by atoms with van der Waals surface area (Å²) >= 11 is 0. The Labute approximate surface area is 125 Å². The molecule has 21 heavy (non-hydrogen) atoms. The Morgan fingerprint density at radius 2 is 2.14 bits per heavy atom. The zero-order valence-electron chi connectivity index (χ0n) is 12.9. The number of aromatic nitrogens is 4. The molecule has 0 saturated heterocycles. The van der Waals surface area contributed by atoms with Crippen molar-refractivity contribution in [2.24, 2.45) is 0 Å². The van der Waals surface area contributed by atoms with E-state index in [9.17, 15) is 0 Å². The van der Waals surface area contributed by atoms with Gasteiger partial charge in [-0.15, -0.1) is 0 Å². The Kier molecular flexibility index (Phi) is 5.68. The average molecular weight is 289 g/mol. The van der Waals surface area contributed by atoms with Gasteiger partial charge in [0.25, 0.3) is 0 Å². The molecular formula is C15H23N5O. The van der Waals surface area contributed by atoms with E-state index in [1.54, 1.807) is 7.11 Å². The Bertz CT molecular complexity index is 555. The van der Waals surface area contributed by atoms with Gasteiger partial charge in [-0.2, -0.15) is 5.10 Å². The summed E-state index contributed by atoms with van der Waals surface area (Å²) in [6.07, 6.45) is 5.47. The molecule has 6 heteroatoms. The molecule has 0 aliphatic carbocycles. The Hall–Kier alpha value is -1.95. The lowest BCUT2D eigenvalue weighted by molar-refractivity contribution is 0.394. The topological polar surface area (TPSA) is 64.9 Å². The summed E-state index contributed by atoms with van der Waals surface area (Å²) in [7, 11) is 1.61. The number of hydrogen-bond acceptors (Lipinski definition) is 5. The maximum absolute atomic E-state index is 5.20. The van der Waals surface area contributed by atoms with Crippen molar-refractivity contribution >= 4 is 0 Å². The van der Waals surface area contributed by atoms with Crippen molar-refractivity contribution in [2.45, 2.75) is 39.3 Å². The summed E-state index contributed by atoms with van der Waals surface area (Å²) in [6, 6.07) is 3.91. The van der Waals surface area contributed by atoms with Crippen LogP contribution in [0.3, 0.4) is 0 Å². The number of ether oxygens (including phenoxy) is 1. The molecule has 1 N–H and O–H groups in total. The molecule has 0 spiro atoms. The maximum atomic E-state index is 5.20. The predicted molar refractivity (Wildman–Crippen MR) is 81.2 cm³/mol. The normalized spacial score (nSPS) is 12.3. The van der Waals surface area contributed by atoms with Gasteiger partial charge in [0.05, 0.1) is 24.5 Å². The van der Waals surface area contributed by atoms with Crippen LogP contribution >= 0.6 is 0 Å². The van der Waals surface area contributed by atoms with Crippen molar-refractivity contribution in [3.05, 3.63) is 36.0 Å². The van der Waals surface area contributed by atoms with E-state index < -0.39 is 0 Å². The summed E-state index contributed by atoms with van der Waals surface area (Å²) < 4.78 is 7.23. The van der Waals surface area contributed by atoms with E-state index in [2.05, 4.69) is 34.2 Å². The first kappa shape index (κ1) is 15.4. The lowest BCUT2D eigenvalue weighted by Crippen LogP contribution is -2.26. The highest BCUT2D eigenvalue weighted by molar-refractivity contribution is 5.25. The highest BCUT2D eigenvalue weighted by atomic mass is 16.5.